The second-order valence-electron chi connectivity index (χ2n) is 6.29. The summed E-state index contributed by atoms with van der Waals surface area (Å²) in [7, 11) is 0. The molecule has 1 aromatic carbocycles. The first-order valence-corrected chi connectivity index (χ1v) is 8.39. The molecule has 8 nitrogen and oxygen atoms in total. The number of rotatable bonds is 3. The first-order valence-electron chi connectivity index (χ1n) is 8.39. The molecule has 0 radical (unpaired) electrons. The number of amides is 1. The van der Waals surface area contributed by atoms with Crippen LogP contribution >= 0.6 is 0 Å². The van der Waals surface area contributed by atoms with E-state index in [-0.39, 0.29) is 11.8 Å². The van der Waals surface area contributed by atoms with Crippen molar-refractivity contribution in [3.63, 3.8) is 0 Å². The van der Waals surface area contributed by atoms with Crippen molar-refractivity contribution in [3.05, 3.63) is 54.2 Å². The van der Waals surface area contributed by atoms with Crippen LogP contribution in [-0.2, 0) is 0 Å². The lowest BCUT2D eigenvalue weighted by atomic mass is 10.1. The normalized spacial score (nSPS) is 17.2. The number of H-pyrrole nitrogens is 1. The van der Waals surface area contributed by atoms with Crippen molar-refractivity contribution in [1.29, 1.82) is 0 Å². The van der Waals surface area contributed by atoms with Crippen LogP contribution in [0.25, 0.3) is 22.6 Å². The van der Waals surface area contributed by atoms with Gasteiger partial charge in [-0.05, 0) is 24.6 Å². The van der Waals surface area contributed by atoms with Gasteiger partial charge >= 0.3 is 0 Å². The van der Waals surface area contributed by atoms with Gasteiger partial charge in [-0.3, -0.25) is 9.89 Å². The summed E-state index contributed by atoms with van der Waals surface area (Å²) >= 11 is 0. The number of hydrogen-bond donors (Lipinski definition) is 1. The number of nitrogens with one attached hydrogen (secondary N) is 1. The molecule has 1 N–H and O–H groups in total. The van der Waals surface area contributed by atoms with Crippen LogP contribution in [0.15, 0.2) is 51.6 Å². The molecule has 130 valence electrons. The highest BCUT2D eigenvalue weighted by molar-refractivity contribution is 6.04. The van der Waals surface area contributed by atoms with Gasteiger partial charge in [0.15, 0.2) is 17.3 Å². The summed E-state index contributed by atoms with van der Waals surface area (Å²) in [6.45, 7) is 1.17. The Morgan fingerprint density at radius 2 is 2.15 bits per heavy atom. The van der Waals surface area contributed by atoms with E-state index in [1.807, 2.05) is 24.3 Å². The molecule has 3 aromatic heterocycles. The van der Waals surface area contributed by atoms with E-state index in [1.165, 1.54) is 0 Å². The molecular formula is C18H15N5O3. The van der Waals surface area contributed by atoms with Gasteiger partial charge in [0.25, 0.3) is 11.8 Å². The number of nitrogens with zero attached hydrogens (tertiary/aromatic N) is 4. The van der Waals surface area contributed by atoms with E-state index in [1.54, 1.807) is 23.3 Å². The molecule has 4 heterocycles. The number of likely N-dealkylation sites (tertiary alicyclic amines) is 1. The molecule has 0 unspecified atom stereocenters. The van der Waals surface area contributed by atoms with E-state index in [0.717, 1.165) is 17.3 Å². The zero-order valence-electron chi connectivity index (χ0n) is 13.8. The first-order chi connectivity index (χ1) is 12.8. The Kier molecular flexibility index (Phi) is 3.34. The van der Waals surface area contributed by atoms with Gasteiger partial charge in [-0.2, -0.15) is 10.1 Å². The molecule has 1 atom stereocenters. The molecule has 1 aliphatic rings. The zero-order chi connectivity index (χ0) is 17.5. The Labute approximate surface area is 147 Å². The van der Waals surface area contributed by atoms with E-state index >= 15 is 0 Å². The molecule has 1 saturated heterocycles. The van der Waals surface area contributed by atoms with Gasteiger partial charge in [-0.25, -0.2) is 0 Å². The van der Waals surface area contributed by atoms with Gasteiger partial charge in [0.2, 0.25) is 0 Å². The van der Waals surface area contributed by atoms with Crippen molar-refractivity contribution in [2.24, 2.45) is 0 Å². The highest BCUT2D eigenvalue weighted by atomic mass is 16.5. The molecule has 1 fully saturated rings. The Balaban J connectivity index is 1.35. The number of benzene rings is 1. The van der Waals surface area contributed by atoms with Crippen molar-refractivity contribution in [3.8, 4) is 11.7 Å². The smallest absolute Gasteiger partial charge is 0.293 e. The van der Waals surface area contributed by atoms with Crippen molar-refractivity contribution < 1.29 is 13.7 Å². The van der Waals surface area contributed by atoms with E-state index < -0.39 is 0 Å². The molecular weight excluding hydrogens is 334 g/mol. The van der Waals surface area contributed by atoms with Crippen LogP contribution in [0.1, 0.15) is 28.7 Å². The quantitative estimate of drug-likeness (QED) is 0.610. The molecule has 26 heavy (non-hydrogen) atoms. The number of carbonyl (C=O) groups excluding carboxylic acids is 1. The van der Waals surface area contributed by atoms with Crippen LogP contribution in [0.4, 0.5) is 0 Å². The summed E-state index contributed by atoms with van der Waals surface area (Å²) in [6, 6.07) is 11.1. The summed E-state index contributed by atoms with van der Waals surface area (Å²) in [6.07, 6.45) is 2.34. The average molecular weight is 349 g/mol. The molecule has 0 aliphatic carbocycles. The molecule has 0 bridgehead atoms. The van der Waals surface area contributed by atoms with Crippen molar-refractivity contribution in [1.82, 2.24) is 25.2 Å². The number of para-hydroxylation sites is 1. The molecule has 4 aromatic rings. The Morgan fingerprint density at radius 3 is 3.04 bits per heavy atom. The number of fused-ring (bicyclic) bond motifs is 1. The summed E-state index contributed by atoms with van der Waals surface area (Å²) in [5, 5.41) is 12.0. The molecule has 1 amide bonds. The third-order valence-corrected chi connectivity index (χ3v) is 4.69. The lowest BCUT2D eigenvalue weighted by Crippen LogP contribution is -2.29. The monoisotopic (exact) mass is 349 g/mol. The number of aromatic nitrogens is 4. The maximum Gasteiger partial charge on any atom is 0.293 e. The molecule has 0 spiro atoms. The first kappa shape index (κ1) is 14.9. The average Bonchev–Trinajstić information content (AvgIpc) is 3.47. The minimum atomic E-state index is -0.0836. The Bertz CT molecular complexity index is 1070. The highest BCUT2D eigenvalue weighted by Crippen LogP contribution is 2.29. The van der Waals surface area contributed by atoms with Crippen LogP contribution in [-0.4, -0.2) is 44.2 Å². The largest absolute Gasteiger partial charge is 0.459 e. The van der Waals surface area contributed by atoms with E-state index in [0.29, 0.717) is 36.3 Å². The summed E-state index contributed by atoms with van der Waals surface area (Å²) < 4.78 is 10.5. The minimum absolute atomic E-state index is 0.0385. The fraction of sp³-hybridized carbons (Fsp3) is 0.222. The Morgan fingerprint density at radius 1 is 1.23 bits per heavy atom. The summed E-state index contributed by atoms with van der Waals surface area (Å²) in [5.74, 6) is 1.45. The van der Waals surface area contributed by atoms with Crippen LogP contribution < -0.4 is 0 Å². The van der Waals surface area contributed by atoms with Crippen molar-refractivity contribution >= 4 is 16.8 Å². The number of carbonyl (C=O) groups is 1. The highest BCUT2D eigenvalue weighted by Gasteiger charge is 2.32. The fourth-order valence-corrected chi connectivity index (χ4v) is 3.33. The maximum absolute atomic E-state index is 12.9. The van der Waals surface area contributed by atoms with Gasteiger partial charge in [-0.15, -0.1) is 0 Å². The van der Waals surface area contributed by atoms with Gasteiger partial charge in [0.05, 0.1) is 11.8 Å². The zero-order valence-corrected chi connectivity index (χ0v) is 13.8. The molecule has 5 rings (SSSR count). The van der Waals surface area contributed by atoms with E-state index in [4.69, 9.17) is 8.94 Å². The minimum Gasteiger partial charge on any atom is -0.459 e. The predicted molar refractivity (Wildman–Crippen MR) is 91.4 cm³/mol. The van der Waals surface area contributed by atoms with E-state index in [2.05, 4.69) is 20.3 Å². The summed E-state index contributed by atoms with van der Waals surface area (Å²) in [4.78, 5) is 19.1. The van der Waals surface area contributed by atoms with Gasteiger partial charge in [0, 0.05) is 24.4 Å². The third kappa shape index (κ3) is 2.38. The molecule has 8 heteroatoms. The van der Waals surface area contributed by atoms with E-state index in [9.17, 15) is 4.79 Å². The van der Waals surface area contributed by atoms with Crippen LogP contribution in [0.3, 0.4) is 0 Å². The second kappa shape index (κ2) is 5.83. The van der Waals surface area contributed by atoms with Crippen LogP contribution in [0.5, 0.6) is 0 Å². The Hall–Kier alpha value is -3.42. The SMILES string of the molecule is O=C(c1n[nH]c2ccccc12)N1CC[C@H](c2noc(-c3ccco3)n2)C1. The second-order valence-corrected chi connectivity index (χ2v) is 6.29. The lowest BCUT2D eigenvalue weighted by Gasteiger charge is -2.14. The fourth-order valence-electron chi connectivity index (χ4n) is 3.33. The standard InChI is InChI=1S/C18H15N5O3/c24-18(15-12-4-1-2-5-13(12)20-21-15)23-8-7-11(10-23)16-19-17(26-22-16)14-6-3-9-25-14/h1-6,9,11H,7-8,10H2,(H,20,21)/t11-/m0/s1. The number of hydrogen-bond acceptors (Lipinski definition) is 6. The topological polar surface area (TPSA) is 101 Å². The van der Waals surface area contributed by atoms with Crippen molar-refractivity contribution in [2.75, 3.05) is 13.1 Å². The van der Waals surface area contributed by atoms with Gasteiger partial charge < -0.3 is 13.8 Å². The lowest BCUT2D eigenvalue weighted by molar-refractivity contribution is 0.0786. The van der Waals surface area contributed by atoms with Crippen LogP contribution in [0.2, 0.25) is 0 Å². The number of aromatic amines is 1. The van der Waals surface area contributed by atoms with Crippen molar-refractivity contribution in [2.45, 2.75) is 12.3 Å². The van der Waals surface area contributed by atoms with Gasteiger partial charge in [-0.1, -0.05) is 23.4 Å². The third-order valence-electron chi connectivity index (χ3n) is 4.69. The van der Waals surface area contributed by atoms with Crippen LogP contribution in [0, 0.1) is 0 Å². The summed E-state index contributed by atoms with van der Waals surface area (Å²) in [5.41, 5.74) is 1.30. The molecule has 1 aliphatic heterocycles. The number of furan rings is 1. The van der Waals surface area contributed by atoms with Gasteiger partial charge in [0.1, 0.15) is 0 Å². The molecule has 0 saturated carbocycles. The predicted octanol–water partition coefficient (Wildman–Crippen LogP) is 2.84. The maximum atomic E-state index is 12.9.